The molecule has 2 fully saturated rings. The van der Waals surface area contributed by atoms with Crippen LogP contribution in [-0.4, -0.2) is 87.8 Å². The first-order valence-corrected chi connectivity index (χ1v) is 12.5. The quantitative estimate of drug-likeness (QED) is 0.647. The van der Waals surface area contributed by atoms with Crippen molar-refractivity contribution in [3.8, 4) is 0 Å². The van der Waals surface area contributed by atoms with Gasteiger partial charge >= 0.3 is 0 Å². The molecule has 0 spiro atoms. The van der Waals surface area contributed by atoms with Gasteiger partial charge in [0.1, 0.15) is 12.1 Å². The number of hydrogen-bond donors (Lipinski definition) is 2. The smallest absolute Gasteiger partial charge is 0.230 e. The molecule has 2 aliphatic heterocycles. The topological polar surface area (TPSA) is 93.0 Å². The van der Waals surface area contributed by atoms with Gasteiger partial charge in [0, 0.05) is 49.9 Å². The Hall–Kier alpha value is -2.26. The summed E-state index contributed by atoms with van der Waals surface area (Å²) in [5.74, 6) is 1.02. The number of halogens is 1. The number of fused-ring (bicyclic) bond motifs is 1. The van der Waals surface area contributed by atoms with Gasteiger partial charge in [-0.1, -0.05) is 30.7 Å². The second-order valence-corrected chi connectivity index (χ2v) is 10.2. The number of benzene rings is 1. The van der Waals surface area contributed by atoms with Crippen LogP contribution in [0.1, 0.15) is 54.5 Å². The summed E-state index contributed by atoms with van der Waals surface area (Å²) in [6.07, 6.45) is 2.15. The van der Waals surface area contributed by atoms with E-state index in [9.17, 15) is 15.0 Å². The Labute approximate surface area is 205 Å². The molecule has 1 aliphatic carbocycles. The summed E-state index contributed by atoms with van der Waals surface area (Å²) in [7, 11) is 0. The van der Waals surface area contributed by atoms with Gasteiger partial charge in [0.2, 0.25) is 5.91 Å². The van der Waals surface area contributed by atoms with Gasteiger partial charge in [-0.05, 0) is 43.0 Å². The molecule has 8 nitrogen and oxygen atoms in total. The highest BCUT2D eigenvalue weighted by atomic mass is 35.5. The van der Waals surface area contributed by atoms with Crippen molar-refractivity contribution < 1.29 is 15.0 Å². The van der Waals surface area contributed by atoms with Crippen molar-refractivity contribution in [3.05, 3.63) is 52.4 Å². The molecule has 0 radical (unpaired) electrons. The number of rotatable bonds is 6. The Balaban J connectivity index is 1.27. The van der Waals surface area contributed by atoms with Crippen molar-refractivity contribution in [3.63, 3.8) is 0 Å². The Morgan fingerprint density at radius 2 is 1.82 bits per heavy atom. The number of carbonyl (C=O) groups is 1. The first-order valence-electron chi connectivity index (χ1n) is 12.1. The minimum atomic E-state index is -0.526. The van der Waals surface area contributed by atoms with E-state index in [1.807, 2.05) is 29.2 Å². The van der Waals surface area contributed by atoms with E-state index >= 15 is 0 Å². The summed E-state index contributed by atoms with van der Waals surface area (Å²) in [5.41, 5.74) is 2.77. The number of aromatic nitrogens is 2. The number of carbonyl (C=O) groups excluding carboxylic acids is 1. The van der Waals surface area contributed by atoms with Gasteiger partial charge in [0.25, 0.3) is 0 Å². The summed E-state index contributed by atoms with van der Waals surface area (Å²) < 4.78 is 0. The number of nitrogens with zero attached hydrogens (tertiary/aromatic N) is 5. The Morgan fingerprint density at radius 1 is 1.12 bits per heavy atom. The first-order chi connectivity index (χ1) is 16.4. The maximum Gasteiger partial charge on any atom is 0.230 e. The Bertz CT molecular complexity index is 1020. The van der Waals surface area contributed by atoms with Crippen molar-refractivity contribution in [1.82, 2.24) is 19.8 Å². The zero-order chi connectivity index (χ0) is 23.8. The van der Waals surface area contributed by atoms with Crippen molar-refractivity contribution in [1.29, 1.82) is 0 Å². The van der Waals surface area contributed by atoms with Crippen LogP contribution in [0.5, 0.6) is 0 Å². The molecule has 3 atom stereocenters. The molecule has 1 aromatic carbocycles. The first kappa shape index (κ1) is 23.5. The van der Waals surface area contributed by atoms with Gasteiger partial charge in [-0.3, -0.25) is 9.69 Å². The fourth-order valence-electron chi connectivity index (χ4n) is 5.48. The average molecular weight is 486 g/mol. The maximum absolute atomic E-state index is 13.6. The summed E-state index contributed by atoms with van der Waals surface area (Å²) in [6, 6.07) is 7.58. The van der Waals surface area contributed by atoms with Crippen molar-refractivity contribution in [2.24, 2.45) is 0 Å². The lowest BCUT2D eigenvalue weighted by atomic mass is 9.93. The molecule has 1 unspecified atom stereocenters. The van der Waals surface area contributed by atoms with Crippen LogP contribution in [0.15, 0.2) is 30.6 Å². The summed E-state index contributed by atoms with van der Waals surface area (Å²) in [6.45, 7) is 6.89. The predicted molar refractivity (Wildman–Crippen MR) is 130 cm³/mol. The van der Waals surface area contributed by atoms with E-state index in [0.717, 1.165) is 29.2 Å². The lowest BCUT2D eigenvalue weighted by molar-refractivity contribution is -0.133. The number of β-amino-alcohol motifs (C(OH)–C–C–N with tert-alkyl or cyclic N) is 1. The van der Waals surface area contributed by atoms with Gasteiger partial charge in [0.05, 0.1) is 23.8 Å². The number of anilines is 1. The van der Waals surface area contributed by atoms with Crippen LogP contribution in [0.2, 0.25) is 5.02 Å². The van der Waals surface area contributed by atoms with Gasteiger partial charge < -0.3 is 20.0 Å². The van der Waals surface area contributed by atoms with Gasteiger partial charge in [-0.15, -0.1) is 0 Å². The number of hydrogen-bond acceptors (Lipinski definition) is 7. The summed E-state index contributed by atoms with van der Waals surface area (Å²) in [4.78, 5) is 28.9. The van der Waals surface area contributed by atoms with E-state index in [0.29, 0.717) is 57.1 Å². The normalized spacial score (nSPS) is 24.1. The van der Waals surface area contributed by atoms with E-state index in [2.05, 4.69) is 26.7 Å². The highest BCUT2D eigenvalue weighted by molar-refractivity contribution is 6.30. The van der Waals surface area contributed by atoms with Gasteiger partial charge in [-0.25, -0.2) is 9.97 Å². The van der Waals surface area contributed by atoms with E-state index in [-0.39, 0.29) is 23.8 Å². The molecule has 3 aliphatic rings. The van der Waals surface area contributed by atoms with E-state index in [4.69, 9.17) is 11.6 Å². The van der Waals surface area contributed by atoms with Crippen molar-refractivity contribution in [2.45, 2.75) is 43.8 Å². The molecule has 34 heavy (non-hydrogen) atoms. The average Bonchev–Trinajstić information content (AvgIpc) is 3.12. The molecular formula is C25H32ClN5O3. The van der Waals surface area contributed by atoms with Crippen LogP contribution >= 0.6 is 11.6 Å². The minimum Gasteiger partial charge on any atom is -0.390 e. The standard InChI is InChI=1S/C25H32ClN5O3/c1-16-12-21(33)23-22(16)24(28-15-27-23)30-8-10-31(11-9-30)25(34)20(6-7-29-13-19(32)14-29)17-2-4-18(26)5-3-17/h2-5,15-16,19-21,32-33H,6-14H2,1H3/t16-,20?,21-/m1/s1. The molecule has 1 amide bonds. The van der Waals surface area contributed by atoms with E-state index in [1.54, 1.807) is 0 Å². The minimum absolute atomic E-state index is 0.139. The molecule has 0 saturated carbocycles. The molecule has 2 aromatic rings. The van der Waals surface area contributed by atoms with Crippen LogP contribution in [0.3, 0.4) is 0 Å². The SMILES string of the molecule is C[C@@H]1C[C@@H](O)c2ncnc(N3CCN(C(=O)C(CCN4CC(O)C4)c4ccc(Cl)cc4)CC3)c21. The molecule has 1 aromatic heterocycles. The second-order valence-electron chi connectivity index (χ2n) is 9.77. The Kier molecular flexibility index (Phi) is 6.75. The van der Waals surface area contributed by atoms with Crippen LogP contribution in [-0.2, 0) is 4.79 Å². The monoisotopic (exact) mass is 485 g/mol. The lowest BCUT2D eigenvalue weighted by Gasteiger charge is -2.39. The molecule has 3 heterocycles. The number of aliphatic hydroxyl groups excluding tert-OH is 2. The van der Waals surface area contributed by atoms with Crippen molar-refractivity contribution in [2.75, 3.05) is 50.7 Å². The fraction of sp³-hybridized carbons (Fsp3) is 0.560. The molecule has 2 N–H and O–H groups in total. The summed E-state index contributed by atoms with van der Waals surface area (Å²) in [5, 5.41) is 20.6. The van der Waals surface area contributed by atoms with Crippen LogP contribution in [0, 0.1) is 0 Å². The third-order valence-electron chi connectivity index (χ3n) is 7.41. The number of piperazine rings is 1. The largest absolute Gasteiger partial charge is 0.390 e. The van der Waals surface area contributed by atoms with Crippen LogP contribution < -0.4 is 4.90 Å². The van der Waals surface area contributed by atoms with E-state index in [1.165, 1.54) is 6.33 Å². The number of likely N-dealkylation sites (tertiary alicyclic amines) is 1. The molecular weight excluding hydrogens is 454 g/mol. The second kappa shape index (κ2) is 9.77. The van der Waals surface area contributed by atoms with Crippen LogP contribution in [0.4, 0.5) is 5.82 Å². The zero-order valence-electron chi connectivity index (χ0n) is 19.5. The van der Waals surface area contributed by atoms with Gasteiger partial charge in [-0.2, -0.15) is 0 Å². The number of aliphatic hydroxyl groups is 2. The Morgan fingerprint density at radius 3 is 2.50 bits per heavy atom. The zero-order valence-corrected chi connectivity index (χ0v) is 20.2. The highest BCUT2D eigenvalue weighted by Gasteiger charge is 2.35. The van der Waals surface area contributed by atoms with Gasteiger partial charge in [0.15, 0.2) is 0 Å². The molecule has 2 saturated heterocycles. The molecule has 5 rings (SSSR count). The summed E-state index contributed by atoms with van der Waals surface area (Å²) >= 11 is 6.09. The fourth-order valence-corrected chi connectivity index (χ4v) is 5.60. The third-order valence-corrected chi connectivity index (χ3v) is 7.66. The molecule has 9 heteroatoms. The molecule has 182 valence electrons. The lowest BCUT2D eigenvalue weighted by Crippen LogP contribution is -2.52. The highest BCUT2D eigenvalue weighted by Crippen LogP contribution is 2.42. The third kappa shape index (κ3) is 4.64. The predicted octanol–water partition coefficient (Wildman–Crippen LogP) is 2.17. The molecule has 0 bridgehead atoms. The van der Waals surface area contributed by atoms with Crippen molar-refractivity contribution >= 4 is 23.3 Å². The maximum atomic E-state index is 13.6. The number of amides is 1. The van der Waals surface area contributed by atoms with Crippen LogP contribution in [0.25, 0.3) is 0 Å². The van der Waals surface area contributed by atoms with E-state index < -0.39 is 6.10 Å².